The van der Waals surface area contributed by atoms with Gasteiger partial charge in [0.25, 0.3) is 0 Å². The Morgan fingerprint density at radius 2 is 1.75 bits per heavy atom. The molecule has 0 bridgehead atoms. The van der Waals surface area contributed by atoms with Crippen LogP contribution >= 0.6 is 0 Å². The van der Waals surface area contributed by atoms with Crippen LogP contribution in [0.3, 0.4) is 0 Å². The highest BCUT2D eigenvalue weighted by molar-refractivity contribution is 5.72. The zero-order valence-electron chi connectivity index (χ0n) is 21.6. The lowest BCUT2D eigenvalue weighted by molar-refractivity contribution is 0.412. The molecule has 0 heterocycles. The van der Waals surface area contributed by atoms with Gasteiger partial charge < -0.3 is 16.1 Å². The highest BCUT2D eigenvalue weighted by Crippen LogP contribution is 2.27. The Labute approximate surface area is 197 Å². The van der Waals surface area contributed by atoms with E-state index in [0.29, 0.717) is 11.6 Å². The van der Waals surface area contributed by atoms with Crippen LogP contribution in [-0.4, -0.2) is 13.1 Å². The summed E-state index contributed by atoms with van der Waals surface area (Å²) in [5.41, 5.74) is 12.1. The number of hydrazine groups is 1. The zero-order valence-corrected chi connectivity index (χ0v) is 21.6. The van der Waals surface area contributed by atoms with E-state index in [2.05, 4.69) is 71.3 Å². The Morgan fingerprint density at radius 3 is 2.28 bits per heavy atom. The lowest BCUT2D eigenvalue weighted by Crippen LogP contribution is -2.38. The highest BCUT2D eigenvalue weighted by Gasteiger charge is 2.16. The van der Waals surface area contributed by atoms with Crippen LogP contribution in [-0.2, 0) is 0 Å². The van der Waals surface area contributed by atoms with E-state index in [-0.39, 0.29) is 5.41 Å². The van der Waals surface area contributed by atoms with Gasteiger partial charge in [0.15, 0.2) is 0 Å². The van der Waals surface area contributed by atoms with E-state index in [1.54, 1.807) is 11.1 Å². The predicted octanol–water partition coefficient (Wildman–Crippen LogP) is 7.26. The maximum absolute atomic E-state index is 6.23. The first-order valence-electron chi connectivity index (χ1n) is 11.4. The summed E-state index contributed by atoms with van der Waals surface area (Å²) < 4.78 is 0. The van der Waals surface area contributed by atoms with Gasteiger partial charge in [0.05, 0.1) is 11.4 Å². The molecule has 1 aromatic rings. The van der Waals surface area contributed by atoms with Crippen molar-refractivity contribution in [1.29, 1.82) is 0 Å². The Bertz CT molecular complexity index is 822. The lowest BCUT2D eigenvalue weighted by atomic mass is 9.96. The van der Waals surface area contributed by atoms with Gasteiger partial charge in [0.1, 0.15) is 0 Å². The number of nitrogens with zero attached hydrogens (tertiary/aromatic N) is 1. The number of allylic oxidation sites excluding steroid dienone is 7. The molecule has 1 rings (SSSR count). The van der Waals surface area contributed by atoms with Gasteiger partial charge in [-0.05, 0) is 60.1 Å². The first kappa shape index (κ1) is 29.3. The van der Waals surface area contributed by atoms with Crippen molar-refractivity contribution in [2.24, 2.45) is 17.2 Å². The molecule has 0 aliphatic rings. The van der Waals surface area contributed by atoms with Gasteiger partial charge in [-0.15, -0.1) is 0 Å². The minimum atomic E-state index is 0.0969. The monoisotopic (exact) mass is 438 g/mol. The number of nitrogens with two attached hydrogens (primary N) is 2. The molecule has 0 aliphatic carbocycles. The molecule has 4 nitrogen and oxygen atoms in total. The molecule has 5 N–H and O–H groups in total. The largest absolute Gasteiger partial charge is 0.397 e. The summed E-state index contributed by atoms with van der Waals surface area (Å²) in [4.78, 5) is 0. The summed E-state index contributed by atoms with van der Waals surface area (Å²) in [6.45, 7) is 26.2. The van der Waals surface area contributed by atoms with E-state index in [9.17, 15) is 0 Å². The summed E-state index contributed by atoms with van der Waals surface area (Å²) in [6, 6.07) is 5.94. The molecule has 0 amide bonds. The van der Waals surface area contributed by atoms with Gasteiger partial charge in [-0.25, -0.2) is 5.84 Å². The number of benzene rings is 1. The van der Waals surface area contributed by atoms with Crippen LogP contribution in [0.1, 0.15) is 55.4 Å². The number of hydrogen-bond donors (Lipinski definition) is 3. The summed E-state index contributed by atoms with van der Waals surface area (Å²) in [6.07, 6.45) is 10.1. The fraction of sp³-hybridized carbons (Fsp3) is 0.429. The van der Waals surface area contributed by atoms with Gasteiger partial charge in [-0.2, -0.15) is 0 Å². The van der Waals surface area contributed by atoms with Crippen LogP contribution in [0.5, 0.6) is 0 Å². The Hall–Kier alpha value is -2.72. The number of anilines is 3. The van der Waals surface area contributed by atoms with Crippen molar-refractivity contribution in [1.82, 2.24) is 0 Å². The van der Waals surface area contributed by atoms with E-state index in [4.69, 9.17) is 11.6 Å². The van der Waals surface area contributed by atoms with Crippen LogP contribution < -0.4 is 21.9 Å². The van der Waals surface area contributed by atoms with E-state index in [1.807, 2.05) is 45.0 Å². The van der Waals surface area contributed by atoms with Crippen molar-refractivity contribution in [2.75, 3.05) is 29.1 Å². The topological polar surface area (TPSA) is 67.3 Å². The standard InChI is InChI=1S/C26H40N4.C2H6/c1-9-11-20(3)22(5)21(4)13-10-12-19(2)17-29-23-14-15-25(24(27)16-23)30(28)18-26(6,7)8;1-2/h9-16,19,29H,1,5,17-18,27-28H2,2-4,6-8H3;1-2H3/b12-10-,20-11-,21-13+;. The van der Waals surface area contributed by atoms with Crippen molar-refractivity contribution in [3.05, 3.63) is 78.5 Å². The summed E-state index contributed by atoms with van der Waals surface area (Å²) in [5.74, 6) is 6.55. The summed E-state index contributed by atoms with van der Waals surface area (Å²) in [5, 5.41) is 5.17. The zero-order chi connectivity index (χ0) is 24.9. The lowest BCUT2D eigenvalue weighted by Gasteiger charge is -2.28. The van der Waals surface area contributed by atoms with Gasteiger partial charge >= 0.3 is 0 Å². The Balaban J connectivity index is 0.00000466. The fourth-order valence-electron chi connectivity index (χ4n) is 2.95. The molecule has 0 saturated heterocycles. The average molecular weight is 439 g/mol. The third-order valence-electron chi connectivity index (χ3n) is 4.72. The Kier molecular flexibility index (Phi) is 13.1. The predicted molar refractivity (Wildman–Crippen MR) is 147 cm³/mol. The molecule has 0 aromatic heterocycles. The molecule has 0 saturated carbocycles. The number of hydrogen-bond acceptors (Lipinski definition) is 4. The van der Waals surface area contributed by atoms with Crippen molar-refractivity contribution in [3.63, 3.8) is 0 Å². The molecule has 0 fully saturated rings. The SMILES string of the molecule is C=C/C=C(/C)C(=C)/C(C)=C/C=C\C(C)CNc1ccc(N(N)CC(C)(C)C)c(N)c1.CC. The van der Waals surface area contributed by atoms with Crippen molar-refractivity contribution in [3.8, 4) is 0 Å². The van der Waals surface area contributed by atoms with E-state index in [1.165, 1.54) is 0 Å². The maximum atomic E-state index is 6.23. The quantitative estimate of drug-likeness (QED) is 0.156. The highest BCUT2D eigenvalue weighted by atomic mass is 15.4. The smallest absolute Gasteiger partial charge is 0.0748 e. The van der Waals surface area contributed by atoms with Crippen LogP contribution in [0.4, 0.5) is 17.1 Å². The van der Waals surface area contributed by atoms with Crippen LogP contribution in [0.15, 0.2) is 78.5 Å². The van der Waals surface area contributed by atoms with E-state index < -0.39 is 0 Å². The molecule has 1 aromatic carbocycles. The molecular formula is C28H46N4. The average Bonchev–Trinajstić information content (AvgIpc) is 2.71. The summed E-state index contributed by atoms with van der Waals surface area (Å²) >= 11 is 0. The molecule has 1 atom stereocenters. The molecule has 0 radical (unpaired) electrons. The van der Waals surface area contributed by atoms with Gasteiger partial charge in [-0.1, -0.05) is 85.1 Å². The van der Waals surface area contributed by atoms with Gasteiger partial charge in [0, 0.05) is 18.8 Å². The second-order valence-corrected chi connectivity index (χ2v) is 9.12. The van der Waals surface area contributed by atoms with E-state index in [0.717, 1.165) is 41.2 Å². The molecule has 0 spiro atoms. The van der Waals surface area contributed by atoms with Gasteiger partial charge in [0.2, 0.25) is 0 Å². The molecule has 4 heteroatoms. The first-order valence-corrected chi connectivity index (χ1v) is 11.4. The second kappa shape index (κ2) is 14.4. The fourth-order valence-corrected chi connectivity index (χ4v) is 2.95. The molecule has 0 aliphatic heterocycles. The first-order chi connectivity index (χ1) is 14.9. The molecular weight excluding hydrogens is 392 g/mol. The minimum absolute atomic E-state index is 0.0969. The Morgan fingerprint density at radius 1 is 1.16 bits per heavy atom. The van der Waals surface area contributed by atoms with Crippen molar-refractivity contribution >= 4 is 17.1 Å². The van der Waals surface area contributed by atoms with Crippen LogP contribution in [0.2, 0.25) is 0 Å². The van der Waals surface area contributed by atoms with Crippen molar-refractivity contribution < 1.29 is 0 Å². The summed E-state index contributed by atoms with van der Waals surface area (Å²) in [7, 11) is 0. The number of nitrogen functional groups attached to an aromatic ring is 1. The maximum Gasteiger partial charge on any atom is 0.0748 e. The second-order valence-electron chi connectivity index (χ2n) is 9.12. The van der Waals surface area contributed by atoms with Crippen molar-refractivity contribution in [2.45, 2.75) is 55.4 Å². The van der Waals surface area contributed by atoms with Gasteiger partial charge in [-0.3, -0.25) is 0 Å². The molecule has 32 heavy (non-hydrogen) atoms. The van der Waals surface area contributed by atoms with Crippen LogP contribution in [0.25, 0.3) is 0 Å². The molecule has 178 valence electrons. The third kappa shape index (κ3) is 11.1. The third-order valence-corrected chi connectivity index (χ3v) is 4.72. The number of rotatable bonds is 10. The van der Waals surface area contributed by atoms with Crippen LogP contribution in [0, 0.1) is 11.3 Å². The van der Waals surface area contributed by atoms with E-state index >= 15 is 0 Å². The minimum Gasteiger partial charge on any atom is -0.397 e. The normalized spacial score (nSPS) is 13.3. The molecule has 1 unspecified atom stereocenters. The number of nitrogens with one attached hydrogen (secondary N) is 1.